The normalized spacial score (nSPS) is 30.9. The Balaban J connectivity index is 1.38. The molecule has 0 spiro atoms. The third-order valence-electron chi connectivity index (χ3n) is 5.82. The minimum Gasteiger partial charge on any atom is -0.335 e. The fourth-order valence-electron chi connectivity index (χ4n) is 4.31. The van der Waals surface area contributed by atoms with E-state index in [1.807, 2.05) is 0 Å². The maximum atomic E-state index is 12.8. The monoisotopic (exact) mass is 333 g/mol. The molecule has 2 saturated heterocycles. The van der Waals surface area contributed by atoms with Crippen molar-refractivity contribution in [2.75, 3.05) is 7.05 Å². The highest BCUT2D eigenvalue weighted by molar-refractivity contribution is 7.09. The number of hydrogen-bond acceptors (Lipinski definition) is 3. The predicted molar refractivity (Wildman–Crippen MR) is 93.6 cm³/mol. The van der Waals surface area contributed by atoms with Crippen LogP contribution in [-0.4, -0.2) is 47.0 Å². The number of thiophene rings is 1. The second kappa shape index (κ2) is 6.44. The number of nitrogens with one attached hydrogen (secondary N) is 1. The van der Waals surface area contributed by atoms with Crippen LogP contribution in [0.1, 0.15) is 49.8 Å². The third-order valence-corrected chi connectivity index (χ3v) is 6.68. The van der Waals surface area contributed by atoms with E-state index in [0.29, 0.717) is 24.2 Å². The Kier molecular flexibility index (Phi) is 4.33. The lowest BCUT2D eigenvalue weighted by Crippen LogP contribution is -2.56. The number of carbonyl (C=O) groups is 1. The van der Waals surface area contributed by atoms with Gasteiger partial charge in [0.05, 0.1) is 6.54 Å². The van der Waals surface area contributed by atoms with Crippen LogP contribution in [0.15, 0.2) is 17.5 Å². The van der Waals surface area contributed by atoms with Gasteiger partial charge in [0.1, 0.15) is 0 Å². The van der Waals surface area contributed by atoms with E-state index in [1.54, 1.807) is 11.3 Å². The maximum absolute atomic E-state index is 12.8. The lowest BCUT2D eigenvalue weighted by atomic mass is 9.82. The van der Waals surface area contributed by atoms with Crippen molar-refractivity contribution in [3.05, 3.63) is 22.4 Å². The quantitative estimate of drug-likeness (QED) is 0.916. The highest BCUT2D eigenvalue weighted by Crippen LogP contribution is 2.33. The van der Waals surface area contributed by atoms with E-state index in [9.17, 15) is 4.79 Å². The van der Waals surface area contributed by atoms with Crippen molar-refractivity contribution in [3.63, 3.8) is 0 Å². The summed E-state index contributed by atoms with van der Waals surface area (Å²) in [6, 6.07) is 6.52. The largest absolute Gasteiger partial charge is 0.335 e. The van der Waals surface area contributed by atoms with Crippen molar-refractivity contribution in [2.45, 2.75) is 75.7 Å². The molecule has 23 heavy (non-hydrogen) atoms. The zero-order valence-corrected chi connectivity index (χ0v) is 14.7. The molecule has 1 aromatic rings. The van der Waals surface area contributed by atoms with Gasteiger partial charge in [0.15, 0.2) is 0 Å². The molecule has 4 nitrogen and oxygen atoms in total. The van der Waals surface area contributed by atoms with Crippen molar-refractivity contribution in [1.29, 1.82) is 0 Å². The van der Waals surface area contributed by atoms with E-state index in [1.165, 1.54) is 24.1 Å². The van der Waals surface area contributed by atoms with Crippen LogP contribution in [-0.2, 0) is 6.54 Å². The zero-order chi connectivity index (χ0) is 15.8. The Hall–Kier alpha value is -1.07. The van der Waals surface area contributed by atoms with E-state index < -0.39 is 0 Å². The SMILES string of the molecule is CN1[C@H]2CCC[C@H]1CC(NC(=O)N(Cc1cccs1)C1CC1)C2. The van der Waals surface area contributed by atoms with E-state index in [2.05, 4.69) is 39.7 Å². The molecular weight excluding hydrogens is 306 g/mol. The van der Waals surface area contributed by atoms with Crippen molar-refractivity contribution < 1.29 is 4.79 Å². The minimum absolute atomic E-state index is 0.161. The molecule has 2 atom stereocenters. The molecule has 1 aliphatic carbocycles. The molecule has 0 radical (unpaired) electrons. The van der Waals surface area contributed by atoms with Crippen molar-refractivity contribution >= 4 is 17.4 Å². The Morgan fingerprint density at radius 1 is 1.30 bits per heavy atom. The highest BCUT2D eigenvalue weighted by atomic mass is 32.1. The van der Waals surface area contributed by atoms with Crippen molar-refractivity contribution in [3.8, 4) is 0 Å². The first-order chi connectivity index (χ1) is 11.2. The molecule has 3 fully saturated rings. The van der Waals surface area contributed by atoms with E-state index in [4.69, 9.17) is 0 Å². The van der Waals surface area contributed by atoms with Crippen LogP contribution < -0.4 is 5.32 Å². The van der Waals surface area contributed by atoms with Gasteiger partial charge in [0, 0.05) is 29.0 Å². The van der Waals surface area contributed by atoms with Gasteiger partial charge in [0.2, 0.25) is 0 Å². The van der Waals surface area contributed by atoms with E-state index in [-0.39, 0.29) is 6.03 Å². The maximum Gasteiger partial charge on any atom is 0.318 e. The number of hydrogen-bond donors (Lipinski definition) is 1. The average molecular weight is 334 g/mol. The van der Waals surface area contributed by atoms with Gasteiger partial charge in [0.25, 0.3) is 0 Å². The van der Waals surface area contributed by atoms with Gasteiger partial charge in [-0.3, -0.25) is 0 Å². The molecule has 0 unspecified atom stereocenters. The van der Waals surface area contributed by atoms with Crippen LogP contribution in [0.2, 0.25) is 0 Å². The summed E-state index contributed by atoms with van der Waals surface area (Å²) < 4.78 is 0. The summed E-state index contributed by atoms with van der Waals surface area (Å²) in [5, 5.41) is 5.46. The number of piperidine rings is 2. The molecule has 2 aliphatic heterocycles. The van der Waals surface area contributed by atoms with Gasteiger partial charge in [-0.2, -0.15) is 0 Å². The second-order valence-electron chi connectivity index (χ2n) is 7.46. The summed E-state index contributed by atoms with van der Waals surface area (Å²) in [5.41, 5.74) is 0. The molecule has 126 valence electrons. The van der Waals surface area contributed by atoms with E-state index >= 15 is 0 Å². The molecule has 1 aromatic heterocycles. The number of carbonyl (C=O) groups excluding carboxylic acids is 1. The standard InChI is InChI=1S/C18H27N3OS/c1-20-15-4-2-5-16(20)11-13(10-15)19-18(22)21(14-7-8-14)12-17-6-3-9-23-17/h3,6,9,13-16H,2,4-5,7-8,10-12H2,1H3,(H,19,22)/t15-,16-/m0/s1. The molecule has 2 bridgehead atoms. The van der Waals surface area contributed by atoms with Crippen LogP contribution in [0.25, 0.3) is 0 Å². The van der Waals surface area contributed by atoms with Crippen LogP contribution in [0.3, 0.4) is 0 Å². The molecule has 0 aromatic carbocycles. The number of urea groups is 1. The summed E-state index contributed by atoms with van der Waals surface area (Å²) in [4.78, 5) is 18.7. The summed E-state index contributed by atoms with van der Waals surface area (Å²) in [6.45, 7) is 0.771. The highest BCUT2D eigenvalue weighted by Gasteiger charge is 2.38. The number of nitrogens with zero attached hydrogens (tertiary/aromatic N) is 2. The fourth-order valence-corrected chi connectivity index (χ4v) is 5.02. The molecular formula is C18H27N3OS. The first-order valence-electron chi connectivity index (χ1n) is 9.02. The number of amides is 2. The Morgan fingerprint density at radius 3 is 2.65 bits per heavy atom. The van der Waals surface area contributed by atoms with Crippen molar-refractivity contribution in [1.82, 2.24) is 15.1 Å². The first kappa shape index (κ1) is 15.5. The van der Waals surface area contributed by atoms with Gasteiger partial charge in [-0.05, 0) is 57.0 Å². The molecule has 4 rings (SSSR count). The number of rotatable bonds is 4. The lowest BCUT2D eigenvalue weighted by molar-refractivity contribution is 0.0492. The van der Waals surface area contributed by atoms with Crippen LogP contribution in [0, 0.1) is 0 Å². The second-order valence-corrected chi connectivity index (χ2v) is 8.49. The molecule has 2 amide bonds. The predicted octanol–water partition coefficient (Wildman–Crippen LogP) is 3.44. The number of fused-ring (bicyclic) bond motifs is 2. The molecule has 1 N–H and O–H groups in total. The van der Waals surface area contributed by atoms with Gasteiger partial charge >= 0.3 is 6.03 Å². The minimum atomic E-state index is 0.161. The molecule has 1 saturated carbocycles. The van der Waals surface area contributed by atoms with Gasteiger partial charge in [-0.1, -0.05) is 12.5 Å². The zero-order valence-electron chi connectivity index (χ0n) is 13.9. The van der Waals surface area contributed by atoms with Gasteiger partial charge < -0.3 is 15.1 Å². The lowest BCUT2D eigenvalue weighted by Gasteiger charge is -2.47. The summed E-state index contributed by atoms with van der Waals surface area (Å²) >= 11 is 1.75. The van der Waals surface area contributed by atoms with Crippen LogP contribution in [0.5, 0.6) is 0 Å². The van der Waals surface area contributed by atoms with E-state index in [0.717, 1.165) is 32.2 Å². The van der Waals surface area contributed by atoms with Gasteiger partial charge in [-0.25, -0.2) is 4.79 Å². The Labute approximate surface area is 142 Å². The summed E-state index contributed by atoms with van der Waals surface area (Å²) in [6.07, 6.45) is 8.51. The molecule has 5 heteroatoms. The molecule has 3 aliphatic rings. The van der Waals surface area contributed by atoms with Crippen LogP contribution >= 0.6 is 11.3 Å². The van der Waals surface area contributed by atoms with Gasteiger partial charge in [-0.15, -0.1) is 11.3 Å². The smallest absolute Gasteiger partial charge is 0.318 e. The first-order valence-corrected chi connectivity index (χ1v) is 9.90. The van der Waals surface area contributed by atoms with Crippen molar-refractivity contribution in [2.24, 2.45) is 0 Å². The Bertz CT molecular complexity index is 528. The third kappa shape index (κ3) is 3.41. The Morgan fingerprint density at radius 2 is 2.04 bits per heavy atom. The summed E-state index contributed by atoms with van der Waals surface area (Å²) in [7, 11) is 2.26. The topological polar surface area (TPSA) is 35.6 Å². The van der Waals surface area contributed by atoms with Crippen LogP contribution in [0.4, 0.5) is 4.79 Å². The fraction of sp³-hybridized carbons (Fsp3) is 0.722. The average Bonchev–Trinajstić information content (AvgIpc) is 3.22. The summed E-state index contributed by atoms with van der Waals surface area (Å²) in [5.74, 6) is 0. The molecule has 3 heterocycles.